The van der Waals surface area contributed by atoms with Crippen molar-refractivity contribution >= 4 is 17.2 Å². The van der Waals surface area contributed by atoms with Gasteiger partial charge < -0.3 is 9.64 Å². The monoisotopic (exact) mass is 344 g/mol. The summed E-state index contributed by atoms with van der Waals surface area (Å²) in [6, 6.07) is 6.24. The van der Waals surface area contributed by atoms with Crippen LogP contribution in [0.25, 0.3) is 0 Å². The van der Waals surface area contributed by atoms with Gasteiger partial charge in [0, 0.05) is 35.3 Å². The van der Waals surface area contributed by atoms with Crippen molar-refractivity contribution < 1.29 is 9.53 Å². The minimum Gasteiger partial charge on any atom is -0.383 e. The highest BCUT2D eigenvalue weighted by Crippen LogP contribution is 2.22. The van der Waals surface area contributed by atoms with E-state index in [1.54, 1.807) is 24.6 Å². The highest BCUT2D eigenvalue weighted by atomic mass is 32.1. The van der Waals surface area contributed by atoms with E-state index in [1.165, 1.54) is 28.2 Å². The summed E-state index contributed by atoms with van der Waals surface area (Å²) in [5.41, 5.74) is 3.10. The molecule has 128 valence electrons. The van der Waals surface area contributed by atoms with Crippen LogP contribution in [0.3, 0.4) is 0 Å². The number of ether oxygens (including phenoxy) is 1. The maximum absolute atomic E-state index is 13.0. The molecule has 0 aromatic carbocycles. The number of amides is 1. The third kappa shape index (κ3) is 4.02. The number of aryl methyl sites for hydroxylation is 3. The molecule has 0 saturated carbocycles. The van der Waals surface area contributed by atoms with Crippen LogP contribution in [0.5, 0.6) is 0 Å². The van der Waals surface area contributed by atoms with E-state index in [2.05, 4.69) is 24.0 Å². The molecule has 1 aliphatic carbocycles. The molecule has 24 heavy (non-hydrogen) atoms. The maximum Gasteiger partial charge on any atom is 0.255 e. The fourth-order valence-corrected chi connectivity index (χ4v) is 4.01. The molecular weight excluding hydrogens is 320 g/mol. The lowest BCUT2D eigenvalue weighted by Gasteiger charge is -2.23. The number of thiophene rings is 1. The van der Waals surface area contributed by atoms with E-state index >= 15 is 0 Å². The summed E-state index contributed by atoms with van der Waals surface area (Å²) in [4.78, 5) is 21.8. The van der Waals surface area contributed by atoms with Crippen LogP contribution in [-0.4, -0.2) is 36.1 Å². The normalized spacial score (nSPS) is 13.6. The van der Waals surface area contributed by atoms with Crippen molar-refractivity contribution in [3.8, 4) is 0 Å². The van der Waals surface area contributed by atoms with Crippen molar-refractivity contribution in [3.63, 3.8) is 0 Å². The third-order valence-electron chi connectivity index (χ3n) is 4.41. The van der Waals surface area contributed by atoms with Gasteiger partial charge in [0.15, 0.2) is 0 Å². The van der Waals surface area contributed by atoms with Crippen molar-refractivity contribution in [2.45, 2.75) is 39.2 Å². The van der Waals surface area contributed by atoms with Crippen molar-refractivity contribution in [2.75, 3.05) is 20.3 Å². The molecule has 0 fully saturated rings. The van der Waals surface area contributed by atoms with Crippen LogP contribution in [0.1, 0.15) is 44.2 Å². The largest absolute Gasteiger partial charge is 0.383 e. The highest BCUT2D eigenvalue weighted by Gasteiger charge is 2.19. The van der Waals surface area contributed by atoms with Crippen LogP contribution in [0.15, 0.2) is 24.4 Å². The van der Waals surface area contributed by atoms with Gasteiger partial charge in [-0.3, -0.25) is 9.78 Å². The Labute approximate surface area is 147 Å². The van der Waals surface area contributed by atoms with Crippen LogP contribution in [0, 0.1) is 6.92 Å². The van der Waals surface area contributed by atoms with Gasteiger partial charge in [0.1, 0.15) is 0 Å². The molecule has 0 radical (unpaired) electrons. The predicted octanol–water partition coefficient (Wildman–Crippen LogP) is 3.62. The van der Waals surface area contributed by atoms with E-state index in [1.807, 2.05) is 11.0 Å². The average molecular weight is 344 g/mol. The van der Waals surface area contributed by atoms with Crippen LogP contribution >= 0.6 is 11.3 Å². The van der Waals surface area contributed by atoms with E-state index in [0.29, 0.717) is 25.3 Å². The first-order valence-corrected chi connectivity index (χ1v) is 9.30. The number of pyridine rings is 1. The van der Waals surface area contributed by atoms with Gasteiger partial charge in [-0.2, -0.15) is 0 Å². The standard InChI is InChI=1S/C19H24N2O2S/c1-14-7-8-17(24-14)13-21(9-10-23-2)19(22)16-11-15-5-3-4-6-18(15)20-12-16/h7-8,11-12H,3-6,9-10,13H2,1-2H3. The second kappa shape index (κ2) is 7.90. The summed E-state index contributed by atoms with van der Waals surface area (Å²) < 4.78 is 5.19. The number of carbonyl (C=O) groups excluding carboxylic acids is 1. The summed E-state index contributed by atoms with van der Waals surface area (Å²) in [6.07, 6.45) is 6.20. The SMILES string of the molecule is COCCN(Cc1ccc(C)s1)C(=O)c1cnc2c(c1)CCCC2. The van der Waals surface area contributed by atoms with Crippen molar-refractivity contribution in [1.29, 1.82) is 0 Å². The maximum atomic E-state index is 13.0. The first-order valence-electron chi connectivity index (χ1n) is 8.48. The zero-order valence-electron chi connectivity index (χ0n) is 14.4. The Morgan fingerprint density at radius 2 is 2.17 bits per heavy atom. The molecule has 2 aromatic heterocycles. The average Bonchev–Trinajstić information content (AvgIpc) is 3.02. The number of carbonyl (C=O) groups is 1. The number of hydrogen-bond acceptors (Lipinski definition) is 4. The minimum absolute atomic E-state index is 0.0407. The molecule has 0 unspecified atom stereocenters. The molecule has 2 heterocycles. The fraction of sp³-hybridized carbons (Fsp3) is 0.474. The van der Waals surface area contributed by atoms with Gasteiger partial charge in [0.25, 0.3) is 5.91 Å². The smallest absolute Gasteiger partial charge is 0.255 e. The second-order valence-corrected chi connectivity index (χ2v) is 7.64. The lowest BCUT2D eigenvalue weighted by Crippen LogP contribution is -2.33. The van der Waals surface area contributed by atoms with E-state index in [0.717, 1.165) is 18.5 Å². The lowest BCUT2D eigenvalue weighted by atomic mass is 9.95. The molecule has 0 atom stereocenters. The Bertz CT molecular complexity index is 711. The molecule has 1 amide bonds. The number of fused-ring (bicyclic) bond motifs is 1. The molecule has 0 aliphatic heterocycles. The summed E-state index contributed by atoms with van der Waals surface area (Å²) in [7, 11) is 1.67. The molecule has 2 aromatic rings. The minimum atomic E-state index is 0.0407. The number of hydrogen-bond donors (Lipinski definition) is 0. The van der Waals surface area contributed by atoms with Crippen LogP contribution < -0.4 is 0 Å². The zero-order chi connectivity index (χ0) is 16.9. The van der Waals surface area contributed by atoms with Gasteiger partial charge >= 0.3 is 0 Å². The first kappa shape index (κ1) is 17.1. The summed E-state index contributed by atoms with van der Waals surface area (Å²) in [6.45, 7) is 3.83. The Kier molecular flexibility index (Phi) is 5.63. The number of rotatable bonds is 6. The Balaban J connectivity index is 1.79. The van der Waals surface area contributed by atoms with Crippen LogP contribution in [0.2, 0.25) is 0 Å². The first-order chi connectivity index (χ1) is 11.7. The number of nitrogens with zero attached hydrogens (tertiary/aromatic N) is 2. The zero-order valence-corrected chi connectivity index (χ0v) is 15.2. The van der Waals surface area contributed by atoms with Gasteiger partial charge in [0.05, 0.1) is 18.7 Å². The molecule has 1 aliphatic rings. The summed E-state index contributed by atoms with van der Waals surface area (Å²) >= 11 is 1.73. The molecule has 5 heteroatoms. The van der Waals surface area contributed by atoms with Gasteiger partial charge in [-0.05, 0) is 56.4 Å². The Morgan fingerprint density at radius 1 is 1.33 bits per heavy atom. The highest BCUT2D eigenvalue weighted by molar-refractivity contribution is 7.11. The number of methoxy groups -OCH3 is 1. The molecule has 3 rings (SSSR count). The van der Waals surface area contributed by atoms with Gasteiger partial charge in [-0.15, -0.1) is 11.3 Å². The molecule has 0 bridgehead atoms. The lowest BCUT2D eigenvalue weighted by molar-refractivity contribution is 0.0682. The van der Waals surface area contributed by atoms with Crippen molar-refractivity contribution in [2.24, 2.45) is 0 Å². The van der Waals surface area contributed by atoms with E-state index in [9.17, 15) is 4.79 Å². The number of aromatic nitrogens is 1. The fourth-order valence-electron chi connectivity index (χ4n) is 3.10. The van der Waals surface area contributed by atoms with Gasteiger partial charge in [-0.25, -0.2) is 0 Å². The molecule has 4 nitrogen and oxygen atoms in total. The van der Waals surface area contributed by atoms with Gasteiger partial charge in [0.2, 0.25) is 0 Å². The van der Waals surface area contributed by atoms with E-state index in [4.69, 9.17) is 4.74 Å². The summed E-state index contributed by atoms with van der Waals surface area (Å²) in [5.74, 6) is 0.0407. The molecule has 0 spiro atoms. The summed E-state index contributed by atoms with van der Waals surface area (Å²) in [5, 5.41) is 0. The van der Waals surface area contributed by atoms with Crippen LogP contribution in [0.4, 0.5) is 0 Å². The van der Waals surface area contributed by atoms with Gasteiger partial charge in [-0.1, -0.05) is 0 Å². The second-order valence-electron chi connectivity index (χ2n) is 6.27. The molecule has 0 N–H and O–H groups in total. The Morgan fingerprint density at radius 3 is 2.92 bits per heavy atom. The quantitative estimate of drug-likeness (QED) is 0.804. The molecule has 0 saturated heterocycles. The van der Waals surface area contributed by atoms with Crippen molar-refractivity contribution in [3.05, 3.63) is 51.0 Å². The predicted molar refractivity (Wildman–Crippen MR) is 96.6 cm³/mol. The van der Waals surface area contributed by atoms with E-state index < -0.39 is 0 Å². The van der Waals surface area contributed by atoms with E-state index in [-0.39, 0.29) is 5.91 Å². The molecular formula is C19H24N2O2S. The topological polar surface area (TPSA) is 42.4 Å². The third-order valence-corrected chi connectivity index (χ3v) is 5.40. The van der Waals surface area contributed by atoms with Crippen LogP contribution in [-0.2, 0) is 24.1 Å². The Hall–Kier alpha value is -1.72. The van der Waals surface area contributed by atoms with Crippen molar-refractivity contribution in [1.82, 2.24) is 9.88 Å².